The number of rotatable bonds is 11. The number of aromatic nitrogens is 2. The van der Waals surface area contributed by atoms with E-state index < -0.39 is 11.2 Å². The van der Waals surface area contributed by atoms with Gasteiger partial charge in [-0.3, -0.25) is 19.1 Å². The molecule has 1 heterocycles. The fourth-order valence-corrected chi connectivity index (χ4v) is 3.25. The van der Waals surface area contributed by atoms with Crippen molar-refractivity contribution in [2.24, 2.45) is 0 Å². The first kappa shape index (κ1) is 23.4. The number of nitrogens with two attached hydrogens (primary N) is 1. The van der Waals surface area contributed by atoms with Gasteiger partial charge in [0.15, 0.2) is 5.69 Å². The smallest absolute Gasteiger partial charge is 0.330 e. The molecule has 0 saturated heterocycles. The summed E-state index contributed by atoms with van der Waals surface area (Å²) >= 11 is 0. The van der Waals surface area contributed by atoms with Crippen molar-refractivity contribution in [3.8, 4) is 0 Å². The molecule has 1 aromatic carbocycles. The lowest BCUT2D eigenvalue weighted by molar-refractivity contribution is -0.118. The second-order valence-corrected chi connectivity index (χ2v) is 7.41. The molecule has 1 unspecified atom stereocenters. The molecule has 2 rings (SSSR count). The summed E-state index contributed by atoms with van der Waals surface area (Å²) in [5, 5.41) is 3.21. The molecule has 4 N–H and O–H groups in total. The van der Waals surface area contributed by atoms with Crippen molar-refractivity contribution in [3.05, 3.63) is 56.7 Å². The van der Waals surface area contributed by atoms with Crippen molar-refractivity contribution in [2.75, 3.05) is 23.7 Å². The van der Waals surface area contributed by atoms with E-state index in [0.717, 1.165) is 24.8 Å². The van der Waals surface area contributed by atoms with Crippen molar-refractivity contribution >= 4 is 17.4 Å². The second-order valence-electron chi connectivity index (χ2n) is 7.41. The van der Waals surface area contributed by atoms with Gasteiger partial charge in [0.1, 0.15) is 5.82 Å². The molecule has 30 heavy (non-hydrogen) atoms. The van der Waals surface area contributed by atoms with Gasteiger partial charge in [-0.05, 0) is 25.3 Å². The van der Waals surface area contributed by atoms with Crippen molar-refractivity contribution in [2.45, 2.75) is 59.0 Å². The van der Waals surface area contributed by atoms with Crippen molar-refractivity contribution in [1.82, 2.24) is 14.9 Å². The number of carbonyl (C=O) groups is 1. The first-order valence-corrected chi connectivity index (χ1v) is 10.6. The van der Waals surface area contributed by atoms with E-state index in [2.05, 4.69) is 10.3 Å². The number of amides is 1. The molecule has 1 aromatic heterocycles. The number of nitrogen functional groups attached to an aromatic ring is 1. The Morgan fingerprint density at radius 1 is 1.17 bits per heavy atom. The SMILES string of the molecule is CCCCN(C(=O)CNC(C)c1ccccc1)c1c(N)n(CCCC)c(=O)[nH]c1=O. The lowest BCUT2D eigenvalue weighted by Gasteiger charge is -2.25. The second kappa shape index (κ2) is 11.3. The van der Waals surface area contributed by atoms with Crippen LogP contribution >= 0.6 is 0 Å². The summed E-state index contributed by atoms with van der Waals surface area (Å²) in [5.41, 5.74) is 6.15. The third-order valence-corrected chi connectivity index (χ3v) is 5.11. The number of nitrogens with zero attached hydrogens (tertiary/aromatic N) is 2. The minimum atomic E-state index is -0.634. The molecule has 2 aromatic rings. The fraction of sp³-hybridized carbons (Fsp3) is 0.500. The standard InChI is InChI=1S/C22H33N5O3/c1-4-6-13-26(18(28)15-24-16(3)17-11-9-8-10-12-17)19-20(23)27(14-7-5-2)22(30)25-21(19)29/h8-12,16,24H,4-7,13-15,23H2,1-3H3,(H,25,29,30). The van der Waals surface area contributed by atoms with Crippen LogP contribution in [-0.2, 0) is 11.3 Å². The molecule has 1 atom stereocenters. The first-order chi connectivity index (χ1) is 14.4. The number of carbonyl (C=O) groups excluding carboxylic acids is 1. The molecule has 0 aliphatic heterocycles. The number of aromatic amines is 1. The zero-order valence-corrected chi connectivity index (χ0v) is 18.1. The van der Waals surface area contributed by atoms with Crippen molar-refractivity contribution in [3.63, 3.8) is 0 Å². The zero-order chi connectivity index (χ0) is 22.1. The molecular weight excluding hydrogens is 382 g/mol. The molecule has 0 bridgehead atoms. The summed E-state index contributed by atoms with van der Waals surface area (Å²) in [4.78, 5) is 41.6. The Labute approximate surface area is 177 Å². The third kappa shape index (κ3) is 5.82. The van der Waals surface area contributed by atoms with Crippen molar-refractivity contribution in [1.29, 1.82) is 0 Å². The van der Waals surface area contributed by atoms with E-state index >= 15 is 0 Å². The first-order valence-electron chi connectivity index (χ1n) is 10.6. The molecule has 0 spiro atoms. The summed E-state index contributed by atoms with van der Waals surface area (Å²) in [6.07, 6.45) is 3.19. The van der Waals surface area contributed by atoms with Crippen LogP contribution in [0, 0.1) is 0 Å². The number of unbranched alkanes of at least 4 members (excludes halogenated alkanes) is 2. The number of nitrogens with one attached hydrogen (secondary N) is 2. The average Bonchev–Trinajstić information content (AvgIpc) is 2.74. The van der Waals surface area contributed by atoms with E-state index in [4.69, 9.17) is 5.73 Å². The summed E-state index contributed by atoms with van der Waals surface area (Å²) in [6, 6.07) is 9.78. The van der Waals surface area contributed by atoms with Crippen LogP contribution in [0.2, 0.25) is 0 Å². The van der Waals surface area contributed by atoms with Crippen LogP contribution in [0.4, 0.5) is 11.5 Å². The summed E-state index contributed by atoms with van der Waals surface area (Å²) < 4.78 is 1.34. The number of hydrogen-bond acceptors (Lipinski definition) is 5. The highest BCUT2D eigenvalue weighted by Crippen LogP contribution is 2.18. The van der Waals surface area contributed by atoms with Crippen LogP contribution in [0.1, 0.15) is 58.1 Å². The highest BCUT2D eigenvalue weighted by Gasteiger charge is 2.24. The molecule has 8 nitrogen and oxygen atoms in total. The predicted octanol–water partition coefficient (Wildman–Crippen LogP) is 2.40. The number of H-pyrrole nitrogens is 1. The highest BCUT2D eigenvalue weighted by molar-refractivity contribution is 5.96. The van der Waals surface area contributed by atoms with E-state index in [1.54, 1.807) is 0 Å². The predicted molar refractivity (Wildman–Crippen MR) is 121 cm³/mol. The van der Waals surface area contributed by atoms with Gasteiger partial charge in [-0.1, -0.05) is 57.0 Å². The molecular formula is C22H33N5O3. The zero-order valence-electron chi connectivity index (χ0n) is 18.1. The Hall–Kier alpha value is -2.87. The Bertz CT molecular complexity index is 936. The number of anilines is 2. The minimum Gasteiger partial charge on any atom is -0.383 e. The van der Waals surface area contributed by atoms with Gasteiger partial charge in [-0.15, -0.1) is 0 Å². The van der Waals surface area contributed by atoms with E-state index in [0.29, 0.717) is 19.5 Å². The van der Waals surface area contributed by atoms with Gasteiger partial charge in [0.25, 0.3) is 5.56 Å². The molecule has 0 radical (unpaired) electrons. The molecule has 0 aliphatic rings. The van der Waals surface area contributed by atoms with Gasteiger partial charge >= 0.3 is 5.69 Å². The Kier molecular flexibility index (Phi) is 8.86. The van der Waals surface area contributed by atoms with Gasteiger partial charge in [-0.25, -0.2) is 4.79 Å². The van der Waals surface area contributed by atoms with Crippen molar-refractivity contribution < 1.29 is 4.79 Å². The molecule has 0 aliphatic carbocycles. The topological polar surface area (TPSA) is 113 Å². The maximum Gasteiger partial charge on any atom is 0.330 e. The van der Waals surface area contributed by atoms with Crippen LogP contribution in [-0.4, -0.2) is 28.5 Å². The quantitative estimate of drug-likeness (QED) is 0.522. The van der Waals surface area contributed by atoms with Gasteiger partial charge in [0.2, 0.25) is 5.91 Å². The summed E-state index contributed by atoms with van der Waals surface area (Å²) in [5.74, 6) is -0.220. The van der Waals surface area contributed by atoms with E-state index in [1.165, 1.54) is 9.47 Å². The Morgan fingerprint density at radius 2 is 1.83 bits per heavy atom. The highest BCUT2D eigenvalue weighted by atomic mass is 16.2. The minimum absolute atomic E-state index is 0.0303. The van der Waals surface area contributed by atoms with E-state index in [9.17, 15) is 14.4 Å². The lowest BCUT2D eigenvalue weighted by atomic mass is 10.1. The van der Waals surface area contributed by atoms with Gasteiger partial charge in [0, 0.05) is 19.1 Å². The molecule has 8 heteroatoms. The largest absolute Gasteiger partial charge is 0.383 e. The summed E-state index contributed by atoms with van der Waals surface area (Å²) in [6.45, 7) is 6.79. The van der Waals surface area contributed by atoms with Gasteiger partial charge in [0.05, 0.1) is 6.54 Å². The van der Waals surface area contributed by atoms with Gasteiger partial charge in [-0.2, -0.15) is 0 Å². The Balaban J connectivity index is 2.29. The number of benzene rings is 1. The average molecular weight is 416 g/mol. The monoisotopic (exact) mass is 415 g/mol. The fourth-order valence-electron chi connectivity index (χ4n) is 3.25. The van der Waals surface area contributed by atoms with Crippen LogP contribution in [0.3, 0.4) is 0 Å². The van der Waals surface area contributed by atoms with Gasteiger partial charge < -0.3 is 16.0 Å². The number of hydrogen-bond donors (Lipinski definition) is 3. The van der Waals surface area contributed by atoms with Crippen LogP contribution in [0.15, 0.2) is 39.9 Å². The van der Waals surface area contributed by atoms with E-state index in [1.807, 2.05) is 51.1 Å². The molecule has 1 amide bonds. The van der Waals surface area contributed by atoms with Crippen LogP contribution in [0.5, 0.6) is 0 Å². The maximum absolute atomic E-state index is 13.1. The lowest BCUT2D eigenvalue weighted by Crippen LogP contribution is -2.45. The van der Waals surface area contributed by atoms with Crippen LogP contribution < -0.4 is 27.2 Å². The summed E-state index contributed by atoms with van der Waals surface area (Å²) in [7, 11) is 0. The Morgan fingerprint density at radius 3 is 2.47 bits per heavy atom. The molecule has 164 valence electrons. The maximum atomic E-state index is 13.1. The van der Waals surface area contributed by atoms with E-state index in [-0.39, 0.29) is 30.0 Å². The third-order valence-electron chi connectivity index (χ3n) is 5.11. The van der Waals surface area contributed by atoms with Crippen LogP contribution in [0.25, 0.3) is 0 Å². The normalized spacial score (nSPS) is 12.0. The molecule has 0 saturated carbocycles. The molecule has 0 fully saturated rings.